The van der Waals surface area contributed by atoms with E-state index in [0.717, 1.165) is 51.7 Å². The van der Waals surface area contributed by atoms with Crippen LogP contribution in [0.3, 0.4) is 0 Å². The van der Waals surface area contributed by atoms with E-state index in [-0.39, 0.29) is 5.79 Å². The number of hydrogen-bond donors (Lipinski definition) is 0. The first-order valence-electron chi connectivity index (χ1n) is 6.71. The molecular formula is C13H24O3. The van der Waals surface area contributed by atoms with Crippen LogP contribution in [0.2, 0.25) is 0 Å². The largest absolute Gasteiger partial charge is 0.375 e. The van der Waals surface area contributed by atoms with Gasteiger partial charge in [0.2, 0.25) is 0 Å². The maximum Gasteiger partial charge on any atom is 0.168 e. The van der Waals surface area contributed by atoms with E-state index in [2.05, 4.69) is 13.8 Å². The van der Waals surface area contributed by atoms with Gasteiger partial charge in [-0.15, -0.1) is 0 Å². The molecule has 2 fully saturated rings. The molecule has 1 aliphatic carbocycles. The first-order valence-corrected chi connectivity index (χ1v) is 6.71. The zero-order valence-corrected chi connectivity index (χ0v) is 10.5. The minimum atomic E-state index is -0.242. The van der Waals surface area contributed by atoms with Crippen molar-refractivity contribution in [2.45, 2.75) is 70.4 Å². The zero-order valence-electron chi connectivity index (χ0n) is 10.5. The van der Waals surface area contributed by atoms with Crippen LogP contribution in [0.4, 0.5) is 0 Å². The highest BCUT2D eigenvalue weighted by Gasteiger charge is 2.40. The minimum Gasteiger partial charge on any atom is -0.375 e. The minimum absolute atomic E-state index is 0.242. The molecule has 1 saturated heterocycles. The Labute approximate surface area is 98.4 Å². The maximum atomic E-state index is 6.08. The van der Waals surface area contributed by atoms with E-state index in [0.29, 0.717) is 12.2 Å². The second kappa shape index (κ2) is 5.48. The van der Waals surface area contributed by atoms with Gasteiger partial charge < -0.3 is 14.2 Å². The highest BCUT2D eigenvalue weighted by Crippen LogP contribution is 2.37. The number of rotatable bonds is 4. The van der Waals surface area contributed by atoms with Crippen molar-refractivity contribution in [3.05, 3.63) is 0 Å². The van der Waals surface area contributed by atoms with Gasteiger partial charge in [0.1, 0.15) is 0 Å². The van der Waals surface area contributed by atoms with Crippen molar-refractivity contribution in [2.75, 3.05) is 13.2 Å². The maximum absolute atomic E-state index is 6.08. The lowest BCUT2D eigenvalue weighted by Gasteiger charge is -2.36. The fourth-order valence-corrected chi connectivity index (χ4v) is 2.71. The van der Waals surface area contributed by atoms with Gasteiger partial charge in [0.25, 0.3) is 0 Å². The first-order chi connectivity index (χ1) is 7.78. The molecule has 0 unspecified atom stereocenters. The molecular weight excluding hydrogens is 204 g/mol. The third kappa shape index (κ3) is 2.76. The Bertz CT molecular complexity index is 197. The van der Waals surface area contributed by atoms with Gasteiger partial charge >= 0.3 is 0 Å². The summed E-state index contributed by atoms with van der Waals surface area (Å²) in [5, 5.41) is 0. The molecule has 1 heterocycles. The molecule has 1 spiro atoms. The van der Waals surface area contributed by atoms with Crippen molar-refractivity contribution in [2.24, 2.45) is 0 Å². The van der Waals surface area contributed by atoms with Crippen molar-refractivity contribution in [1.29, 1.82) is 0 Å². The quantitative estimate of drug-likeness (QED) is 0.740. The number of ether oxygens (including phenoxy) is 3. The third-order valence-corrected chi connectivity index (χ3v) is 3.80. The molecule has 2 rings (SSSR count). The third-order valence-electron chi connectivity index (χ3n) is 3.80. The van der Waals surface area contributed by atoms with Crippen molar-refractivity contribution in [1.82, 2.24) is 0 Å². The highest BCUT2D eigenvalue weighted by atomic mass is 16.7. The van der Waals surface area contributed by atoms with Crippen LogP contribution >= 0.6 is 0 Å². The Morgan fingerprint density at radius 1 is 1.12 bits per heavy atom. The Balaban J connectivity index is 1.76. The predicted octanol–water partition coefficient (Wildman–Crippen LogP) is 2.88. The van der Waals surface area contributed by atoms with E-state index >= 15 is 0 Å². The van der Waals surface area contributed by atoms with Gasteiger partial charge in [0.05, 0.1) is 25.4 Å². The summed E-state index contributed by atoms with van der Waals surface area (Å²) in [5.74, 6) is -0.242. The molecule has 94 valence electrons. The Hall–Kier alpha value is -0.120. The fourth-order valence-electron chi connectivity index (χ4n) is 2.71. The molecule has 0 aromatic heterocycles. The first kappa shape index (κ1) is 12.3. The normalized spacial score (nSPS) is 25.7. The summed E-state index contributed by atoms with van der Waals surface area (Å²) in [4.78, 5) is 0. The van der Waals surface area contributed by atoms with Crippen LogP contribution < -0.4 is 0 Å². The monoisotopic (exact) mass is 228 g/mol. The Kier molecular flexibility index (Phi) is 4.22. The zero-order chi connectivity index (χ0) is 11.4. The Morgan fingerprint density at radius 2 is 1.69 bits per heavy atom. The summed E-state index contributed by atoms with van der Waals surface area (Å²) in [6.07, 6.45) is 7.24. The summed E-state index contributed by atoms with van der Waals surface area (Å²) < 4.78 is 17.5. The summed E-state index contributed by atoms with van der Waals surface area (Å²) in [5.41, 5.74) is 0. The topological polar surface area (TPSA) is 27.7 Å². The van der Waals surface area contributed by atoms with E-state index in [1.54, 1.807) is 0 Å². The molecule has 0 N–H and O–H groups in total. The molecule has 3 heteroatoms. The summed E-state index contributed by atoms with van der Waals surface area (Å²) in [6.45, 7) is 5.92. The molecule has 1 saturated carbocycles. The lowest BCUT2D eigenvalue weighted by atomic mass is 9.91. The second-order valence-corrected chi connectivity index (χ2v) is 4.88. The Morgan fingerprint density at radius 3 is 2.19 bits per heavy atom. The van der Waals surface area contributed by atoms with Crippen LogP contribution in [-0.2, 0) is 14.2 Å². The standard InChI is InChI=1S/C13H24O3/c1-3-11(4-2)16-12-5-7-13(8-6-12)14-9-10-15-13/h11-12H,3-10H2,1-2H3. The van der Waals surface area contributed by atoms with Gasteiger partial charge in [-0.05, 0) is 25.7 Å². The van der Waals surface area contributed by atoms with Crippen molar-refractivity contribution < 1.29 is 14.2 Å². The van der Waals surface area contributed by atoms with Gasteiger partial charge in [0, 0.05) is 12.8 Å². The van der Waals surface area contributed by atoms with Gasteiger partial charge in [-0.1, -0.05) is 13.8 Å². The van der Waals surface area contributed by atoms with E-state index in [1.165, 1.54) is 0 Å². The molecule has 0 bridgehead atoms. The molecule has 2 aliphatic rings. The van der Waals surface area contributed by atoms with Crippen LogP contribution in [0, 0.1) is 0 Å². The summed E-state index contributed by atoms with van der Waals surface area (Å²) in [6, 6.07) is 0. The van der Waals surface area contributed by atoms with Crippen LogP contribution in [0.25, 0.3) is 0 Å². The van der Waals surface area contributed by atoms with E-state index in [1.807, 2.05) is 0 Å². The van der Waals surface area contributed by atoms with Gasteiger partial charge in [-0.2, -0.15) is 0 Å². The molecule has 0 aromatic carbocycles. The van der Waals surface area contributed by atoms with Crippen LogP contribution in [0.1, 0.15) is 52.4 Å². The molecule has 0 amide bonds. The molecule has 16 heavy (non-hydrogen) atoms. The second-order valence-electron chi connectivity index (χ2n) is 4.88. The van der Waals surface area contributed by atoms with E-state index in [9.17, 15) is 0 Å². The lowest BCUT2D eigenvalue weighted by Crippen LogP contribution is -2.38. The molecule has 1 aliphatic heterocycles. The molecule has 0 radical (unpaired) electrons. The van der Waals surface area contributed by atoms with E-state index in [4.69, 9.17) is 14.2 Å². The van der Waals surface area contributed by atoms with Crippen molar-refractivity contribution in [3.63, 3.8) is 0 Å². The average Bonchev–Trinajstić information content (AvgIpc) is 2.77. The summed E-state index contributed by atoms with van der Waals surface area (Å²) in [7, 11) is 0. The SMILES string of the molecule is CCC(CC)OC1CCC2(CC1)OCCO2. The fraction of sp³-hybridized carbons (Fsp3) is 1.00. The lowest BCUT2D eigenvalue weighted by molar-refractivity contribution is -0.195. The van der Waals surface area contributed by atoms with Gasteiger partial charge in [-0.25, -0.2) is 0 Å². The van der Waals surface area contributed by atoms with Gasteiger partial charge in [0.15, 0.2) is 5.79 Å². The smallest absolute Gasteiger partial charge is 0.168 e. The highest BCUT2D eigenvalue weighted by molar-refractivity contribution is 4.83. The van der Waals surface area contributed by atoms with Crippen LogP contribution in [0.5, 0.6) is 0 Å². The molecule has 3 nitrogen and oxygen atoms in total. The van der Waals surface area contributed by atoms with Crippen LogP contribution in [-0.4, -0.2) is 31.2 Å². The van der Waals surface area contributed by atoms with Crippen molar-refractivity contribution >= 4 is 0 Å². The summed E-state index contributed by atoms with van der Waals surface area (Å²) >= 11 is 0. The molecule has 0 atom stereocenters. The molecule has 0 aromatic rings. The number of hydrogen-bond acceptors (Lipinski definition) is 3. The average molecular weight is 228 g/mol. The predicted molar refractivity (Wildman–Crippen MR) is 62.3 cm³/mol. The van der Waals surface area contributed by atoms with Crippen molar-refractivity contribution in [3.8, 4) is 0 Å². The van der Waals surface area contributed by atoms with E-state index < -0.39 is 0 Å². The van der Waals surface area contributed by atoms with Gasteiger partial charge in [-0.3, -0.25) is 0 Å². The van der Waals surface area contributed by atoms with Crippen LogP contribution in [0.15, 0.2) is 0 Å².